The lowest BCUT2D eigenvalue weighted by molar-refractivity contribution is -0.123. The minimum absolute atomic E-state index is 0. The first-order valence-corrected chi connectivity index (χ1v) is 6.80. The summed E-state index contributed by atoms with van der Waals surface area (Å²) in [6, 6.07) is 19.4. The average molecular weight is 283 g/mol. The van der Waals surface area contributed by atoms with Gasteiger partial charge in [0.1, 0.15) is 5.41 Å². The van der Waals surface area contributed by atoms with Crippen LogP contribution in [0.25, 0.3) is 0 Å². The van der Waals surface area contributed by atoms with E-state index in [4.69, 9.17) is 0 Å². The highest BCUT2D eigenvalue weighted by molar-refractivity contribution is 5.94. The van der Waals surface area contributed by atoms with Crippen molar-refractivity contribution in [2.75, 3.05) is 13.2 Å². The molecule has 0 radical (unpaired) electrons. The number of nitrogens with one attached hydrogen (secondary N) is 1. The Morgan fingerprint density at radius 2 is 1.48 bits per heavy atom. The summed E-state index contributed by atoms with van der Waals surface area (Å²) in [6.45, 7) is 0.474. The minimum Gasteiger partial charge on any atom is -0.396 e. The largest absolute Gasteiger partial charge is 0.396 e. The summed E-state index contributed by atoms with van der Waals surface area (Å²) in [4.78, 5) is 12.6. The summed E-state index contributed by atoms with van der Waals surface area (Å²) in [7, 11) is 0. The van der Waals surface area contributed by atoms with Crippen LogP contribution in [0.15, 0.2) is 60.7 Å². The fraction of sp³-hybridized carbons (Fsp3) is 0.278. The van der Waals surface area contributed by atoms with Crippen molar-refractivity contribution in [1.82, 2.24) is 5.32 Å². The van der Waals surface area contributed by atoms with E-state index in [0.717, 1.165) is 11.1 Å². The molecule has 2 N–H and O–H groups in total. The lowest BCUT2D eigenvalue weighted by atomic mass is 9.67. The molecular weight excluding hydrogens is 262 g/mol. The lowest BCUT2D eigenvalue weighted by Gasteiger charge is -2.32. The van der Waals surface area contributed by atoms with Crippen LogP contribution in [0.5, 0.6) is 0 Å². The Labute approximate surface area is 125 Å². The van der Waals surface area contributed by atoms with Gasteiger partial charge in [0.15, 0.2) is 0 Å². The molecule has 1 aliphatic heterocycles. The van der Waals surface area contributed by atoms with Crippen LogP contribution in [-0.4, -0.2) is 24.2 Å². The maximum atomic E-state index is 12.6. The second-order valence-corrected chi connectivity index (χ2v) is 5.13. The predicted octanol–water partition coefficient (Wildman–Crippen LogP) is 2.35. The lowest BCUT2D eigenvalue weighted by Crippen LogP contribution is -2.42. The molecule has 3 heteroatoms. The third-order valence-corrected chi connectivity index (χ3v) is 4.16. The van der Waals surface area contributed by atoms with Crippen molar-refractivity contribution >= 4 is 5.91 Å². The number of hydrogen-bond donors (Lipinski definition) is 2. The summed E-state index contributed by atoms with van der Waals surface area (Å²) in [6.07, 6.45) is 0. The molecule has 1 atom stereocenters. The van der Waals surface area contributed by atoms with Crippen molar-refractivity contribution in [2.24, 2.45) is 5.92 Å². The topological polar surface area (TPSA) is 49.3 Å². The molecule has 3 rings (SSSR count). The Morgan fingerprint density at radius 3 is 1.90 bits per heavy atom. The normalized spacial score (nSPS) is 19.7. The van der Waals surface area contributed by atoms with Gasteiger partial charge in [0.2, 0.25) is 5.91 Å². The van der Waals surface area contributed by atoms with E-state index < -0.39 is 5.41 Å². The zero-order valence-electron chi connectivity index (χ0n) is 11.1. The number of amides is 1. The van der Waals surface area contributed by atoms with Crippen LogP contribution in [0.4, 0.5) is 0 Å². The smallest absolute Gasteiger partial charge is 0.235 e. The SMILES string of the molecule is C.O=C1NCC(CO)C1(c1ccccc1)c1ccccc1. The number of carbonyl (C=O) groups excluding carboxylic acids is 1. The molecule has 2 aromatic rings. The molecule has 110 valence electrons. The highest BCUT2D eigenvalue weighted by atomic mass is 16.3. The molecule has 0 bridgehead atoms. The Morgan fingerprint density at radius 1 is 1.00 bits per heavy atom. The molecule has 1 aliphatic rings. The summed E-state index contributed by atoms with van der Waals surface area (Å²) in [5.74, 6) is -0.186. The molecular formula is C18H21NO2. The molecule has 2 aromatic carbocycles. The summed E-state index contributed by atoms with van der Waals surface area (Å²) >= 11 is 0. The molecule has 1 heterocycles. The van der Waals surface area contributed by atoms with Crippen LogP contribution < -0.4 is 5.32 Å². The van der Waals surface area contributed by atoms with Gasteiger partial charge >= 0.3 is 0 Å². The van der Waals surface area contributed by atoms with Crippen molar-refractivity contribution in [3.8, 4) is 0 Å². The van der Waals surface area contributed by atoms with Gasteiger partial charge in [-0.2, -0.15) is 0 Å². The van der Waals surface area contributed by atoms with Gasteiger partial charge in [-0.1, -0.05) is 68.1 Å². The van der Waals surface area contributed by atoms with Crippen molar-refractivity contribution < 1.29 is 9.90 Å². The van der Waals surface area contributed by atoms with Gasteiger partial charge in [-0.3, -0.25) is 4.79 Å². The van der Waals surface area contributed by atoms with Crippen molar-refractivity contribution in [3.05, 3.63) is 71.8 Å². The quantitative estimate of drug-likeness (QED) is 0.908. The van der Waals surface area contributed by atoms with E-state index >= 15 is 0 Å². The first-order chi connectivity index (χ1) is 9.80. The van der Waals surface area contributed by atoms with E-state index in [2.05, 4.69) is 5.32 Å². The maximum absolute atomic E-state index is 12.6. The van der Waals surface area contributed by atoms with Crippen LogP contribution in [0.1, 0.15) is 18.6 Å². The van der Waals surface area contributed by atoms with E-state index in [0.29, 0.717) is 6.54 Å². The predicted molar refractivity (Wildman–Crippen MR) is 84.0 cm³/mol. The highest BCUT2D eigenvalue weighted by Gasteiger charge is 2.52. The van der Waals surface area contributed by atoms with E-state index in [1.54, 1.807) is 0 Å². The first-order valence-electron chi connectivity index (χ1n) is 6.80. The average Bonchev–Trinajstić information content (AvgIpc) is 2.86. The number of carbonyl (C=O) groups is 1. The standard InChI is InChI=1S/C17H17NO2.CH4/c19-12-15-11-18-16(20)17(15,13-7-3-1-4-8-13)14-9-5-2-6-10-14;/h1-10,15,19H,11-12H2,(H,18,20);1H4. The molecule has 0 aromatic heterocycles. The van der Waals surface area contributed by atoms with Gasteiger partial charge in [0, 0.05) is 19.1 Å². The molecule has 1 fully saturated rings. The molecule has 0 spiro atoms. The Balaban J connectivity index is 0.00000161. The Hall–Kier alpha value is -2.13. The van der Waals surface area contributed by atoms with Gasteiger partial charge in [-0.15, -0.1) is 0 Å². The zero-order valence-corrected chi connectivity index (χ0v) is 11.1. The monoisotopic (exact) mass is 283 g/mol. The molecule has 0 saturated carbocycles. The molecule has 1 saturated heterocycles. The minimum atomic E-state index is -0.794. The molecule has 21 heavy (non-hydrogen) atoms. The van der Waals surface area contributed by atoms with Crippen molar-refractivity contribution in [3.63, 3.8) is 0 Å². The fourth-order valence-corrected chi connectivity index (χ4v) is 3.20. The van der Waals surface area contributed by atoms with Crippen molar-refractivity contribution in [2.45, 2.75) is 12.8 Å². The molecule has 1 unspecified atom stereocenters. The summed E-state index contributed by atoms with van der Waals surface area (Å²) in [5.41, 5.74) is 1.07. The number of aliphatic hydroxyl groups is 1. The van der Waals surface area contributed by atoms with Crippen LogP contribution in [0.3, 0.4) is 0 Å². The second kappa shape index (κ2) is 6.10. The van der Waals surface area contributed by atoms with Gasteiger partial charge in [0.25, 0.3) is 0 Å². The third-order valence-electron chi connectivity index (χ3n) is 4.16. The van der Waals surface area contributed by atoms with Crippen LogP contribution in [0.2, 0.25) is 0 Å². The van der Waals surface area contributed by atoms with Gasteiger partial charge < -0.3 is 10.4 Å². The second-order valence-electron chi connectivity index (χ2n) is 5.13. The van der Waals surface area contributed by atoms with Crippen LogP contribution >= 0.6 is 0 Å². The summed E-state index contributed by atoms with van der Waals surface area (Å²) in [5, 5.41) is 12.7. The molecule has 0 aliphatic carbocycles. The van der Waals surface area contributed by atoms with E-state index in [9.17, 15) is 9.90 Å². The van der Waals surface area contributed by atoms with Gasteiger partial charge in [-0.25, -0.2) is 0 Å². The summed E-state index contributed by atoms with van der Waals surface area (Å²) < 4.78 is 0. The number of rotatable bonds is 3. The fourth-order valence-electron chi connectivity index (χ4n) is 3.20. The van der Waals surface area contributed by atoms with E-state index in [1.165, 1.54) is 0 Å². The number of aliphatic hydroxyl groups excluding tert-OH is 1. The van der Waals surface area contributed by atoms with Crippen LogP contribution in [0, 0.1) is 5.92 Å². The molecule has 1 amide bonds. The molecule has 3 nitrogen and oxygen atoms in total. The van der Waals surface area contributed by atoms with Crippen LogP contribution in [-0.2, 0) is 10.2 Å². The number of hydrogen-bond acceptors (Lipinski definition) is 2. The van der Waals surface area contributed by atoms with E-state index in [1.807, 2.05) is 60.7 Å². The first kappa shape index (κ1) is 15.3. The zero-order chi connectivity index (χ0) is 14.0. The third kappa shape index (κ3) is 2.24. The highest BCUT2D eigenvalue weighted by Crippen LogP contribution is 2.42. The maximum Gasteiger partial charge on any atom is 0.235 e. The number of benzene rings is 2. The van der Waals surface area contributed by atoms with E-state index in [-0.39, 0.29) is 25.9 Å². The Bertz CT molecular complexity index is 556. The van der Waals surface area contributed by atoms with Crippen molar-refractivity contribution in [1.29, 1.82) is 0 Å². The van der Waals surface area contributed by atoms with Gasteiger partial charge in [0.05, 0.1) is 0 Å². The van der Waals surface area contributed by atoms with Gasteiger partial charge in [-0.05, 0) is 11.1 Å². The Kier molecular flexibility index (Phi) is 4.43.